The van der Waals surface area contributed by atoms with E-state index in [1.54, 1.807) is 25.2 Å². The van der Waals surface area contributed by atoms with Gasteiger partial charge in [-0.2, -0.15) is 0 Å². The van der Waals surface area contributed by atoms with Gasteiger partial charge in [-0.3, -0.25) is 0 Å². The predicted molar refractivity (Wildman–Crippen MR) is 101 cm³/mol. The fourth-order valence-corrected chi connectivity index (χ4v) is 1.48. The highest BCUT2D eigenvalue weighted by molar-refractivity contribution is 5.21. The highest BCUT2D eigenvalue weighted by atomic mass is 15.0. The molecule has 0 amide bonds. The normalized spacial score (nSPS) is 12.6. The van der Waals surface area contributed by atoms with E-state index in [1.165, 1.54) is 24.0 Å². The van der Waals surface area contributed by atoms with Gasteiger partial charge in [0.05, 0.1) is 0 Å². The zero-order valence-corrected chi connectivity index (χ0v) is 15.3. The number of nitrogens with zero attached hydrogens (tertiary/aromatic N) is 1. The second kappa shape index (κ2) is 14.2. The van der Waals surface area contributed by atoms with Gasteiger partial charge < -0.3 is 16.4 Å². The van der Waals surface area contributed by atoms with E-state index in [0.29, 0.717) is 11.4 Å². The molecule has 0 aromatic heterocycles. The van der Waals surface area contributed by atoms with E-state index >= 15 is 0 Å². The predicted octanol–water partition coefficient (Wildman–Crippen LogP) is 4.12. The molecule has 0 aliphatic heterocycles. The fraction of sp³-hybridized carbons (Fsp3) is 0.474. The van der Waals surface area contributed by atoms with Crippen molar-refractivity contribution in [2.45, 2.75) is 40.5 Å². The van der Waals surface area contributed by atoms with Crippen LogP contribution in [0.2, 0.25) is 0 Å². The summed E-state index contributed by atoms with van der Waals surface area (Å²) in [5.41, 5.74) is 15.0. The molecule has 0 aliphatic carbocycles. The van der Waals surface area contributed by atoms with Crippen molar-refractivity contribution in [2.75, 3.05) is 20.6 Å². The smallest absolute Gasteiger partial charge is 0.0330 e. The van der Waals surface area contributed by atoms with Crippen LogP contribution < -0.4 is 11.5 Å². The first-order valence-electron chi connectivity index (χ1n) is 7.64. The van der Waals surface area contributed by atoms with Crippen LogP contribution in [0.1, 0.15) is 40.5 Å². The van der Waals surface area contributed by atoms with Gasteiger partial charge >= 0.3 is 0 Å². The summed E-state index contributed by atoms with van der Waals surface area (Å²) in [7, 11) is 4.19. The molecule has 0 radical (unpaired) electrons. The number of likely N-dealkylation sites (N-methyl/N-ethyl adjacent to an activating group) is 1. The molecule has 0 heterocycles. The van der Waals surface area contributed by atoms with Gasteiger partial charge in [0, 0.05) is 17.9 Å². The largest absolute Gasteiger partial charge is 0.402 e. The van der Waals surface area contributed by atoms with Gasteiger partial charge in [0.1, 0.15) is 0 Å². The van der Waals surface area contributed by atoms with Crippen molar-refractivity contribution in [3.63, 3.8) is 0 Å². The van der Waals surface area contributed by atoms with Crippen LogP contribution in [0, 0.1) is 0 Å². The van der Waals surface area contributed by atoms with Gasteiger partial charge in [0.15, 0.2) is 0 Å². The molecule has 126 valence electrons. The molecule has 0 unspecified atom stereocenters. The minimum absolute atomic E-state index is 0.630. The monoisotopic (exact) mass is 305 g/mol. The average molecular weight is 306 g/mol. The number of nitrogens with two attached hydrogens (primary N) is 2. The van der Waals surface area contributed by atoms with Crippen LogP contribution in [0.3, 0.4) is 0 Å². The Hall–Kier alpha value is -1.74. The van der Waals surface area contributed by atoms with Crippen molar-refractivity contribution < 1.29 is 0 Å². The van der Waals surface area contributed by atoms with Crippen LogP contribution in [0.25, 0.3) is 0 Å². The summed E-state index contributed by atoms with van der Waals surface area (Å²) in [5.74, 6) is 0. The SMILES string of the molecule is C=C/C=C(N)\C=C(/C)N.CC(C)=CCC/C(C)=C/CN(C)C. The lowest BCUT2D eigenvalue weighted by molar-refractivity contribution is 0.455. The third-order valence-electron chi connectivity index (χ3n) is 2.60. The fourth-order valence-electron chi connectivity index (χ4n) is 1.48. The molecule has 0 saturated carbocycles. The maximum absolute atomic E-state index is 5.42. The van der Waals surface area contributed by atoms with Gasteiger partial charge in [-0.15, -0.1) is 0 Å². The number of allylic oxidation sites excluding steroid dienone is 7. The van der Waals surface area contributed by atoms with Crippen molar-refractivity contribution in [2.24, 2.45) is 11.5 Å². The molecular formula is C19H35N3. The Bertz CT molecular complexity index is 416. The van der Waals surface area contributed by atoms with E-state index < -0.39 is 0 Å². The lowest BCUT2D eigenvalue weighted by Crippen LogP contribution is -2.10. The highest BCUT2D eigenvalue weighted by Crippen LogP contribution is 2.06. The molecule has 0 rings (SSSR count). The Morgan fingerprint density at radius 2 is 1.64 bits per heavy atom. The van der Waals surface area contributed by atoms with Crippen LogP contribution >= 0.6 is 0 Å². The molecule has 0 bridgehead atoms. The maximum Gasteiger partial charge on any atom is 0.0330 e. The summed E-state index contributed by atoms with van der Waals surface area (Å²) >= 11 is 0. The van der Waals surface area contributed by atoms with Crippen molar-refractivity contribution >= 4 is 0 Å². The number of rotatable bonds is 7. The summed E-state index contributed by atoms with van der Waals surface area (Å²) in [6.07, 6.45) is 12.0. The lowest BCUT2D eigenvalue weighted by atomic mass is 10.1. The van der Waals surface area contributed by atoms with Crippen LogP contribution in [0.15, 0.2) is 59.5 Å². The Morgan fingerprint density at radius 1 is 1.05 bits per heavy atom. The summed E-state index contributed by atoms with van der Waals surface area (Å²) in [6, 6.07) is 0. The molecule has 0 aliphatic rings. The van der Waals surface area contributed by atoms with Crippen molar-refractivity contribution in [1.29, 1.82) is 0 Å². The summed E-state index contributed by atoms with van der Waals surface area (Å²) in [6.45, 7) is 12.8. The molecule has 0 fully saturated rings. The van der Waals surface area contributed by atoms with Gasteiger partial charge in [0.25, 0.3) is 0 Å². The Morgan fingerprint density at radius 3 is 2.05 bits per heavy atom. The zero-order valence-electron chi connectivity index (χ0n) is 15.3. The summed E-state index contributed by atoms with van der Waals surface area (Å²) in [4.78, 5) is 2.18. The molecule has 0 saturated heterocycles. The molecule has 0 spiro atoms. The minimum Gasteiger partial charge on any atom is -0.402 e. The molecular weight excluding hydrogens is 270 g/mol. The zero-order chi connectivity index (χ0) is 17.5. The topological polar surface area (TPSA) is 55.3 Å². The van der Waals surface area contributed by atoms with Crippen LogP contribution in [0.4, 0.5) is 0 Å². The van der Waals surface area contributed by atoms with Crippen molar-refractivity contribution in [1.82, 2.24) is 4.90 Å². The second-order valence-corrected chi connectivity index (χ2v) is 5.92. The van der Waals surface area contributed by atoms with Gasteiger partial charge in [0.2, 0.25) is 0 Å². The Balaban J connectivity index is 0. The molecule has 0 aromatic carbocycles. The highest BCUT2D eigenvalue weighted by Gasteiger charge is 1.89. The Kier molecular flexibility index (Phi) is 14.6. The average Bonchev–Trinajstić information content (AvgIpc) is 2.36. The maximum atomic E-state index is 5.42. The van der Waals surface area contributed by atoms with Crippen LogP contribution in [-0.2, 0) is 0 Å². The minimum atomic E-state index is 0.630. The number of hydrogen-bond acceptors (Lipinski definition) is 3. The van der Waals surface area contributed by atoms with E-state index in [-0.39, 0.29) is 0 Å². The summed E-state index contributed by atoms with van der Waals surface area (Å²) < 4.78 is 0. The van der Waals surface area contributed by atoms with Crippen molar-refractivity contribution in [3.8, 4) is 0 Å². The Labute approximate surface area is 137 Å². The van der Waals surface area contributed by atoms with Gasteiger partial charge in [-0.05, 0) is 66.8 Å². The van der Waals surface area contributed by atoms with E-state index in [2.05, 4.69) is 58.5 Å². The molecule has 0 aromatic rings. The van der Waals surface area contributed by atoms with E-state index in [4.69, 9.17) is 11.5 Å². The van der Waals surface area contributed by atoms with Crippen molar-refractivity contribution in [3.05, 3.63) is 59.5 Å². The first kappa shape index (κ1) is 22.5. The third-order valence-corrected chi connectivity index (χ3v) is 2.60. The van der Waals surface area contributed by atoms with Gasteiger partial charge in [-0.25, -0.2) is 0 Å². The third kappa shape index (κ3) is 20.6. The van der Waals surface area contributed by atoms with E-state index in [1.807, 2.05) is 0 Å². The molecule has 0 atom stereocenters. The van der Waals surface area contributed by atoms with E-state index in [0.717, 1.165) is 6.54 Å². The first-order valence-corrected chi connectivity index (χ1v) is 7.64. The molecule has 4 N–H and O–H groups in total. The van der Waals surface area contributed by atoms with Gasteiger partial charge in [-0.1, -0.05) is 36.0 Å². The van der Waals surface area contributed by atoms with E-state index in [9.17, 15) is 0 Å². The summed E-state index contributed by atoms with van der Waals surface area (Å²) in [5, 5.41) is 0. The number of hydrogen-bond donors (Lipinski definition) is 2. The lowest BCUT2D eigenvalue weighted by Gasteiger charge is -2.06. The first-order chi connectivity index (χ1) is 10.2. The quantitative estimate of drug-likeness (QED) is 0.549. The molecule has 22 heavy (non-hydrogen) atoms. The second-order valence-electron chi connectivity index (χ2n) is 5.92. The van der Waals surface area contributed by atoms with Crippen LogP contribution in [-0.4, -0.2) is 25.5 Å². The van der Waals surface area contributed by atoms with Crippen LogP contribution in [0.5, 0.6) is 0 Å². The standard InChI is InChI=1S/C12H23N.C7H12N2/c1-11(2)7-6-8-12(3)9-10-13(4)5;1-3-4-7(9)5-6(2)8/h7,9H,6,8,10H2,1-5H3;3-5H,1,8-9H2,2H3/b12-9+;6-5+,7-4+. The molecule has 3 heteroatoms. The molecule has 3 nitrogen and oxygen atoms in total.